The van der Waals surface area contributed by atoms with E-state index in [1.54, 1.807) is 0 Å². The number of carbonyl (C=O) groups excluding carboxylic acids is 1. The molecule has 5 heteroatoms. The van der Waals surface area contributed by atoms with Crippen LogP contribution in [-0.2, 0) is 4.79 Å². The van der Waals surface area contributed by atoms with E-state index in [1.807, 2.05) is 0 Å². The normalized spacial score (nSPS) is 23.7. The van der Waals surface area contributed by atoms with E-state index >= 15 is 0 Å². The molecule has 3 rings (SSSR count). The molecule has 1 amide bonds. The fourth-order valence-corrected chi connectivity index (χ4v) is 3.80. The van der Waals surface area contributed by atoms with Gasteiger partial charge in [0.2, 0.25) is 5.91 Å². The number of benzene rings is 1. The molecule has 1 aliphatic heterocycles. The second-order valence-electron chi connectivity index (χ2n) is 6.65. The van der Waals surface area contributed by atoms with E-state index in [0.717, 1.165) is 56.2 Å². The summed E-state index contributed by atoms with van der Waals surface area (Å²) in [5.74, 6) is 0.560. The fourth-order valence-electron chi connectivity index (χ4n) is 3.53. The van der Waals surface area contributed by atoms with Crippen LogP contribution in [0.3, 0.4) is 0 Å². The minimum atomic E-state index is -0.607. The van der Waals surface area contributed by atoms with Gasteiger partial charge in [-0.25, -0.2) is 0 Å². The van der Waals surface area contributed by atoms with E-state index in [0.29, 0.717) is 5.92 Å². The van der Waals surface area contributed by atoms with Crippen LogP contribution >= 0.6 is 15.9 Å². The first-order valence-corrected chi connectivity index (χ1v) is 8.94. The number of nitrogens with zero attached hydrogens (tertiary/aromatic N) is 1. The predicted octanol–water partition coefficient (Wildman–Crippen LogP) is 2.66. The second kappa shape index (κ2) is 6.59. The molecule has 0 radical (unpaired) electrons. The van der Waals surface area contributed by atoms with E-state index < -0.39 is 5.54 Å². The van der Waals surface area contributed by atoms with Crippen LogP contribution in [0.2, 0.25) is 0 Å². The lowest BCUT2D eigenvalue weighted by atomic mass is 9.97. The number of hydrogen-bond acceptors (Lipinski definition) is 3. The molecule has 1 heterocycles. The van der Waals surface area contributed by atoms with Crippen LogP contribution in [0.1, 0.15) is 32.1 Å². The number of hydrogen-bond donors (Lipinski definition) is 2. The van der Waals surface area contributed by atoms with Gasteiger partial charge in [0.1, 0.15) is 0 Å². The number of carbonyl (C=O) groups is 1. The lowest BCUT2D eigenvalue weighted by Gasteiger charge is -2.24. The zero-order valence-corrected chi connectivity index (χ0v) is 14.4. The molecule has 1 atom stereocenters. The molecule has 22 heavy (non-hydrogen) atoms. The van der Waals surface area contributed by atoms with Crippen LogP contribution in [0.25, 0.3) is 0 Å². The Hall–Kier alpha value is -1.07. The van der Waals surface area contributed by atoms with E-state index in [-0.39, 0.29) is 5.91 Å². The van der Waals surface area contributed by atoms with Gasteiger partial charge in [0.05, 0.1) is 5.54 Å². The Balaban J connectivity index is 1.49. The van der Waals surface area contributed by atoms with Gasteiger partial charge in [0, 0.05) is 29.8 Å². The van der Waals surface area contributed by atoms with Gasteiger partial charge in [-0.3, -0.25) is 4.79 Å². The third kappa shape index (κ3) is 3.46. The molecule has 2 aliphatic rings. The molecule has 3 N–H and O–H groups in total. The van der Waals surface area contributed by atoms with E-state index in [4.69, 9.17) is 5.73 Å². The fraction of sp³-hybridized carbons (Fsp3) is 0.588. The van der Waals surface area contributed by atoms with Crippen molar-refractivity contribution < 1.29 is 4.79 Å². The van der Waals surface area contributed by atoms with Gasteiger partial charge in [-0.2, -0.15) is 0 Å². The predicted molar refractivity (Wildman–Crippen MR) is 92.9 cm³/mol. The molecule has 0 spiro atoms. The molecule has 1 aromatic rings. The van der Waals surface area contributed by atoms with Crippen molar-refractivity contribution in [1.29, 1.82) is 0 Å². The van der Waals surface area contributed by atoms with Crippen molar-refractivity contribution in [2.75, 3.05) is 24.5 Å². The highest BCUT2D eigenvalue weighted by Gasteiger charge is 2.37. The Morgan fingerprint density at radius 3 is 2.68 bits per heavy atom. The Morgan fingerprint density at radius 2 is 2.00 bits per heavy atom. The average molecular weight is 366 g/mol. The summed E-state index contributed by atoms with van der Waals surface area (Å²) in [6.07, 6.45) is 4.92. The maximum absolute atomic E-state index is 12.3. The molecule has 0 aromatic heterocycles. The van der Waals surface area contributed by atoms with Crippen LogP contribution in [-0.4, -0.2) is 31.1 Å². The first-order chi connectivity index (χ1) is 10.6. The van der Waals surface area contributed by atoms with Crippen molar-refractivity contribution in [2.45, 2.75) is 37.6 Å². The van der Waals surface area contributed by atoms with Gasteiger partial charge in [0.15, 0.2) is 0 Å². The van der Waals surface area contributed by atoms with E-state index in [2.05, 4.69) is 50.4 Å². The van der Waals surface area contributed by atoms with Crippen LogP contribution in [0.5, 0.6) is 0 Å². The maximum Gasteiger partial charge on any atom is 0.240 e. The largest absolute Gasteiger partial charge is 0.371 e. The monoisotopic (exact) mass is 365 g/mol. The third-order valence-electron chi connectivity index (χ3n) is 4.98. The van der Waals surface area contributed by atoms with Crippen molar-refractivity contribution in [3.8, 4) is 0 Å². The minimum absolute atomic E-state index is 0.0482. The quantitative estimate of drug-likeness (QED) is 0.862. The van der Waals surface area contributed by atoms with Crippen LogP contribution in [0, 0.1) is 5.92 Å². The highest BCUT2D eigenvalue weighted by Crippen LogP contribution is 2.28. The van der Waals surface area contributed by atoms with Gasteiger partial charge in [-0.15, -0.1) is 0 Å². The molecule has 1 saturated carbocycles. The summed E-state index contributed by atoms with van der Waals surface area (Å²) in [5.41, 5.74) is 6.84. The first kappa shape index (κ1) is 15.8. The van der Waals surface area contributed by atoms with Crippen molar-refractivity contribution in [1.82, 2.24) is 5.32 Å². The standard InChI is InChI=1S/C17H24BrN3O/c18-14-3-5-15(6-4-14)21-10-7-13(12-21)11-20-16(22)17(19)8-1-2-9-17/h3-6,13H,1-2,7-12,19H2,(H,20,22). The lowest BCUT2D eigenvalue weighted by Crippen LogP contribution is -2.52. The van der Waals surface area contributed by atoms with Gasteiger partial charge in [0.25, 0.3) is 0 Å². The number of rotatable bonds is 4. The van der Waals surface area contributed by atoms with Gasteiger partial charge in [-0.1, -0.05) is 28.8 Å². The zero-order valence-electron chi connectivity index (χ0n) is 12.9. The average Bonchev–Trinajstić information content (AvgIpc) is 3.15. The van der Waals surface area contributed by atoms with Crippen molar-refractivity contribution in [2.24, 2.45) is 11.7 Å². The summed E-state index contributed by atoms with van der Waals surface area (Å²) in [6, 6.07) is 8.42. The van der Waals surface area contributed by atoms with Gasteiger partial charge in [-0.05, 0) is 49.4 Å². The van der Waals surface area contributed by atoms with E-state index in [9.17, 15) is 4.79 Å². The smallest absolute Gasteiger partial charge is 0.240 e. The Bertz CT molecular complexity index is 525. The van der Waals surface area contributed by atoms with Crippen LogP contribution < -0.4 is 16.0 Å². The number of nitrogens with one attached hydrogen (secondary N) is 1. The van der Waals surface area contributed by atoms with Crippen molar-refractivity contribution in [3.63, 3.8) is 0 Å². The summed E-state index contributed by atoms with van der Waals surface area (Å²) in [4.78, 5) is 14.6. The number of nitrogens with two attached hydrogens (primary N) is 1. The highest BCUT2D eigenvalue weighted by molar-refractivity contribution is 9.10. The SMILES string of the molecule is NC1(C(=O)NCC2CCN(c3ccc(Br)cc3)C2)CCCC1. The molecule has 1 unspecified atom stereocenters. The maximum atomic E-state index is 12.3. The molecule has 2 fully saturated rings. The van der Waals surface area contributed by atoms with Gasteiger partial charge >= 0.3 is 0 Å². The number of anilines is 1. The first-order valence-electron chi connectivity index (χ1n) is 8.14. The topological polar surface area (TPSA) is 58.4 Å². The second-order valence-corrected chi connectivity index (χ2v) is 7.57. The lowest BCUT2D eigenvalue weighted by molar-refractivity contribution is -0.126. The van der Waals surface area contributed by atoms with Crippen LogP contribution in [0.15, 0.2) is 28.7 Å². The van der Waals surface area contributed by atoms with Crippen molar-refractivity contribution >= 4 is 27.5 Å². The molecule has 120 valence electrons. The summed E-state index contributed by atoms with van der Waals surface area (Å²) < 4.78 is 1.10. The molecule has 1 aromatic carbocycles. The molecule has 4 nitrogen and oxygen atoms in total. The summed E-state index contributed by atoms with van der Waals surface area (Å²) >= 11 is 3.47. The van der Waals surface area contributed by atoms with E-state index in [1.165, 1.54) is 5.69 Å². The minimum Gasteiger partial charge on any atom is -0.371 e. The molecule has 1 aliphatic carbocycles. The Morgan fingerprint density at radius 1 is 1.32 bits per heavy atom. The summed E-state index contributed by atoms with van der Waals surface area (Å²) in [5, 5.41) is 3.09. The van der Waals surface area contributed by atoms with Gasteiger partial charge < -0.3 is 16.0 Å². The molecular weight excluding hydrogens is 342 g/mol. The molecule has 0 bridgehead atoms. The zero-order chi connectivity index (χ0) is 15.6. The molecular formula is C17H24BrN3O. The number of amides is 1. The Kier molecular flexibility index (Phi) is 4.73. The number of halogens is 1. The molecule has 1 saturated heterocycles. The van der Waals surface area contributed by atoms with Crippen LogP contribution in [0.4, 0.5) is 5.69 Å². The van der Waals surface area contributed by atoms with Crippen molar-refractivity contribution in [3.05, 3.63) is 28.7 Å². The summed E-state index contributed by atoms with van der Waals surface area (Å²) in [7, 11) is 0. The highest BCUT2D eigenvalue weighted by atomic mass is 79.9. The summed E-state index contributed by atoms with van der Waals surface area (Å²) in [6.45, 7) is 2.79. The Labute approximate surface area is 140 Å². The third-order valence-corrected chi connectivity index (χ3v) is 5.51.